The molecule has 3 nitrogen and oxygen atoms in total. The highest BCUT2D eigenvalue weighted by Crippen LogP contribution is 2.24. The monoisotopic (exact) mass is 316 g/mol. The highest BCUT2D eigenvalue weighted by Gasteiger charge is 2.11. The van der Waals surface area contributed by atoms with Crippen molar-refractivity contribution in [2.75, 3.05) is 6.54 Å². The van der Waals surface area contributed by atoms with Gasteiger partial charge in [-0.2, -0.15) is 0 Å². The number of aryl methyl sites for hydroxylation is 1. The molecule has 2 rings (SSSR count). The Morgan fingerprint density at radius 3 is 2.73 bits per heavy atom. The second-order valence-electron chi connectivity index (χ2n) is 6.79. The minimum absolute atomic E-state index is 0.0102. The lowest BCUT2D eigenvalue weighted by Gasteiger charge is -2.17. The van der Waals surface area contributed by atoms with Crippen molar-refractivity contribution in [1.29, 1.82) is 0 Å². The first-order chi connectivity index (χ1) is 10.3. The maximum Gasteiger partial charge on any atom is 0.251 e. The highest BCUT2D eigenvalue weighted by atomic mass is 32.1. The molecule has 1 amide bonds. The number of nitrogens with zero attached hydrogens (tertiary/aromatic N) is 1. The van der Waals surface area contributed by atoms with E-state index in [0.717, 1.165) is 35.7 Å². The van der Waals surface area contributed by atoms with Crippen LogP contribution in [0.1, 0.15) is 49.7 Å². The van der Waals surface area contributed by atoms with E-state index in [0.29, 0.717) is 11.0 Å². The minimum Gasteiger partial charge on any atom is -0.352 e. The molecule has 0 saturated heterocycles. The molecule has 0 atom stereocenters. The molecule has 1 aromatic carbocycles. The van der Waals surface area contributed by atoms with E-state index in [2.05, 4.69) is 31.1 Å². The Balaban J connectivity index is 1.96. The van der Waals surface area contributed by atoms with Gasteiger partial charge in [-0.25, -0.2) is 4.98 Å². The molecule has 1 heterocycles. The molecule has 0 aliphatic rings. The van der Waals surface area contributed by atoms with Crippen LogP contribution in [-0.2, 0) is 0 Å². The number of benzene rings is 1. The van der Waals surface area contributed by atoms with Crippen molar-refractivity contribution in [3.63, 3.8) is 0 Å². The number of hydrogen-bond acceptors (Lipinski definition) is 3. The molecule has 0 fully saturated rings. The van der Waals surface area contributed by atoms with E-state index in [1.54, 1.807) is 11.3 Å². The zero-order valence-electron chi connectivity index (χ0n) is 13.8. The van der Waals surface area contributed by atoms with Gasteiger partial charge in [0.25, 0.3) is 5.91 Å². The van der Waals surface area contributed by atoms with Gasteiger partial charge in [-0.1, -0.05) is 32.9 Å². The molecule has 1 aromatic heterocycles. The van der Waals surface area contributed by atoms with E-state index < -0.39 is 0 Å². The number of hydrogen-bond donors (Lipinski definition) is 1. The van der Waals surface area contributed by atoms with Gasteiger partial charge in [0.2, 0.25) is 0 Å². The Bertz CT molecular complexity index is 641. The molecule has 1 N–H and O–H groups in total. The molecule has 0 bridgehead atoms. The molecule has 0 aliphatic heterocycles. The lowest BCUT2D eigenvalue weighted by molar-refractivity contribution is 0.0951. The van der Waals surface area contributed by atoms with Crippen LogP contribution in [0.3, 0.4) is 0 Å². The Kier molecular flexibility index (Phi) is 5.35. The molecule has 0 radical (unpaired) electrons. The van der Waals surface area contributed by atoms with Crippen LogP contribution in [-0.4, -0.2) is 17.4 Å². The van der Waals surface area contributed by atoms with Crippen molar-refractivity contribution in [3.8, 4) is 10.6 Å². The summed E-state index contributed by atoms with van der Waals surface area (Å²) < 4.78 is 0. The number of rotatable bonds is 5. The van der Waals surface area contributed by atoms with E-state index >= 15 is 0 Å². The molecular weight excluding hydrogens is 292 g/mol. The van der Waals surface area contributed by atoms with E-state index in [-0.39, 0.29) is 5.91 Å². The number of thiazole rings is 1. The van der Waals surface area contributed by atoms with Crippen LogP contribution in [0.4, 0.5) is 0 Å². The average Bonchev–Trinajstić information content (AvgIpc) is 2.89. The summed E-state index contributed by atoms with van der Waals surface area (Å²) in [5.41, 5.74) is 3.02. The summed E-state index contributed by atoms with van der Waals surface area (Å²) >= 11 is 1.60. The molecule has 22 heavy (non-hydrogen) atoms. The van der Waals surface area contributed by atoms with Crippen LogP contribution in [0, 0.1) is 12.3 Å². The Labute approximate surface area is 136 Å². The summed E-state index contributed by atoms with van der Waals surface area (Å²) in [4.78, 5) is 16.7. The Morgan fingerprint density at radius 1 is 1.32 bits per heavy atom. The van der Waals surface area contributed by atoms with Gasteiger partial charge in [0, 0.05) is 28.7 Å². The van der Waals surface area contributed by atoms with Crippen molar-refractivity contribution in [2.24, 2.45) is 5.41 Å². The first kappa shape index (κ1) is 16.7. The number of carbonyl (C=O) groups excluding carboxylic acids is 1. The van der Waals surface area contributed by atoms with Crippen LogP contribution >= 0.6 is 11.3 Å². The number of aromatic nitrogens is 1. The normalized spacial score (nSPS) is 11.5. The molecule has 0 saturated carbocycles. The van der Waals surface area contributed by atoms with Gasteiger partial charge >= 0.3 is 0 Å². The summed E-state index contributed by atoms with van der Waals surface area (Å²) in [5.74, 6) is -0.0102. The zero-order chi connectivity index (χ0) is 16.2. The van der Waals surface area contributed by atoms with Gasteiger partial charge in [0.1, 0.15) is 5.01 Å². The number of carbonyl (C=O) groups is 1. The highest BCUT2D eigenvalue weighted by molar-refractivity contribution is 7.13. The standard InChI is InChI=1S/C18H24N2OS/c1-13-12-22-17(20-13)15-8-5-7-14(11-15)16(21)19-10-6-9-18(2,3)4/h5,7-8,11-12H,6,9-10H2,1-4H3,(H,19,21). The van der Waals surface area contributed by atoms with Gasteiger partial charge in [0.15, 0.2) is 0 Å². The van der Waals surface area contributed by atoms with E-state index in [1.807, 2.05) is 36.6 Å². The van der Waals surface area contributed by atoms with Crippen LogP contribution in [0.25, 0.3) is 10.6 Å². The lowest BCUT2D eigenvalue weighted by Crippen LogP contribution is -2.25. The lowest BCUT2D eigenvalue weighted by atomic mass is 9.91. The summed E-state index contributed by atoms with van der Waals surface area (Å²) in [7, 11) is 0. The van der Waals surface area contributed by atoms with Crippen molar-refractivity contribution in [1.82, 2.24) is 10.3 Å². The summed E-state index contributed by atoms with van der Waals surface area (Å²) in [6.07, 6.45) is 2.10. The maximum absolute atomic E-state index is 12.2. The molecule has 0 spiro atoms. The molecular formula is C18H24N2OS. The second kappa shape index (κ2) is 7.05. The quantitative estimate of drug-likeness (QED) is 0.814. The minimum atomic E-state index is -0.0102. The van der Waals surface area contributed by atoms with Crippen molar-refractivity contribution in [2.45, 2.75) is 40.5 Å². The van der Waals surface area contributed by atoms with Gasteiger partial charge in [-0.05, 0) is 37.3 Å². The van der Waals surface area contributed by atoms with Gasteiger partial charge in [0.05, 0.1) is 0 Å². The largest absolute Gasteiger partial charge is 0.352 e. The third kappa shape index (κ3) is 4.95. The van der Waals surface area contributed by atoms with E-state index in [4.69, 9.17) is 0 Å². The Hall–Kier alpha value is -1.68. The predicted octanol–water partition coefficient (Wildman–Crippen LogP) is 4.67. The zero-order valence-corrected chi connectivity index (χ0v) is 14.6. The van der Waals surface area contributed by atoms with Crippen LogP contribution in [0.2, 0.25) is 0 Å². The van der Waals surface area contributed by atoms with Crippen LogP contribution in [0.15, 0.2) is 29.6 Å². The molecule has 118 valence electrons. The average molecular weight is 316 g/mol. The number of nitrogens with one attached hydrogen (secondary N) is 1. The fourth-order valence-corrected chi connectivity index (χ4v) is 3.00. The second-order valence-corrected chi connectivity index (χ2v) is 7.65. The summed E-state index contributed by atoms with van der Waals surface area (Å²) in [6, 6.07) is 7.67. The Morgan fingerprint density at radius 2 is 2.09 bits per heavy atom. The van der Waals surface area contributed by atoms with Crippen molar-refractivity contribution in [3.05, 3.63) is 40.9 Å². The van der Waals surface area contributed by atoms with Gasteiger partial charge < -0.3 is 5.32 Å². The third-order valence-corrected chi connectivity index (χ3v) is 4.39. The van der Waals surface area contributed by atoms with Crippen molar-refractivity contribution < 1.29 is 4.79 Å². The summed E-state index contributed by atoms with van der Waals surface area (Å²) in [5, 5.41) is 5.98. The maximum atomic E-state index is 12.2. The SMILES string of the molecule is Cc1csc(-c2cccc(C(=O)NCCCC(C)(C)C)c2)n1. The van der Waals surface area contributed by atoms with E-state index in [1.165, 1.54) is 0 Å². The topological polar surface area (TPSA) is 42.0 Å². The predicted molar refractivity (Wildman–Crippen MR) is 93.3 cm³/mol. The smallest absolute Gasteiger partial charge is 0.251 e. The summed E-state index contributed by atoms with van der Waals surface area (Å²) in [6.45, 7) is 9.35. The molecule has 4 heteroatoms. The fraction of sp³-hybridized carbons (Fsp3) is 0.444. The first-order valence-corrected chi connectivity index (χ1v) is 8.54. The van der Waals surface area contributed by atoms with Crippen LogP contribution in [0.5, 0.6) is 0 Å². The van der Waals surface area contributed by atoms with Crippen LogP contribution < -0.4 is 5.32 Å². The first-order valence-electron chi connectivity index (χ1n) is 7.66. The molecule has 2 aromatic rings. The van der Waals surface area contributed by atoms with Gasteiger partial charge in [-0.15, -0.1) is 11.3 Å². The third-order valence-electron chi connectivity index (χ3n) is 3.38. The van der Waals surface area contributed by atoms with Crippen molar-refractivity contribution >= 4 is 17.2 Å². The fourth-order valence-electron chi connectivity index (χ4n) is 2.20. The van der Waals surface area contributed by atoms with Gasteiger partial charge in [-0.3, -0.25) is 4.79 Å². The molecule has 0 aliphatic carbocycles. The van der Waals surface area contributed by atoms with E-state index in [9.17, 15) is 4.79 Å². The number of amides is 1. The molecule has 0 unspecified atom stereocenters.